The molecule has 1 aliphatic rings. The zero-order valence-electron chi connectivity index (χ0n) is 9.57. The van der Waals surface area contributed by atoms with Gasteiger partial charge in [0.25, 0.3) is 5.92 Å². The van der Waals surface area contributed by atoms with E-state index < -0.39 is 5.92 Å². The van der Waals surface area contributed by atoms with Crippen molar-refractivity contribution in [2.45, 2.75) is 18.4 Å². The molecule has 2 heterocycles. The highest BCUT2D eigenvalue weighted by Gasteiger charge is 2.45. The molecule has 0 unspecified atom stereocenters. The summed E-state index contributed by atoms with van der Waals surface area (Å²) in [7, 11) is 1.51. The van der Waals surface area contributed by atoms with Gasteiger partial charge in [-0.05, 0) is 12.1 Å². The molecule has 0 aromatic carbocycles. The van der Waals surface area contributed by atoms with Crippen molar-refractivity contribution in [3.8, 4) is 0 Å². The van der Waals surface area contributed by atoms with Gasteiger partial charge in [0.2, 0.25) is 0 Å². The highest BCUT2D eigenvalue weighted by Crippen LogP contribution is 2.34. The summed E-state index contributed by atoms with van der Waals surface area (Å²) < 4.78 is 31.7. The molecule has 1 fully saturated rings. The molecule has 0 aliphatic carbocycles. The summed E-state index contributed by atoms with van der Waals surface area (Å²) in [5, 5.41) is 0. The maximum Gasteiger partial charge on any atom is 0.267 e. The fraction of sp³-hybridized carbons (Fsp3) is 0.545. The number of methoxy groups -OCH3 is 1. The van der Waals surface area contributed by atoms with Gasteiger partial charge in [0.15, 0.2) is 0 Å². The number of anilines is 2. The van der Waals surface area contributed by atoms with Crippen LogP contribution in [0.15, 0.2) is 18.3 Å². The Morgan fingerprint density at radius 3 is 2.94 bits per heavy atom. The zero-order chi connectivity index (χ0) is 12.5. The first-order valence-corrected chi connectivity index (χ1v) is 5.37. The van der Waals surface area contributed by atoms with Crippen LogP contribution in [0.3, 0.4) is 0 Å². The largest absolute Gasteiger partial charge is 0.397 e. The minimum Gasteiger partial charge on any atom is -0.397 e. The SMILES string of the molecule is COC[C@@H]1CC(F)(F)CN1c1ccc(N)cn1. The molecule has 1 aromatic heterocycles. The third-order valence-electron chi connectivity index (χ3n) is 2.80. The van der Waals surface area contributed by atoms with E-state index in [1.807, 2.05) is 0 Å². The smallest absolute Gasteiger partial charge is 0.267 e. The van der Waals surface area contributed by atoms with E-state index in [1.165, 1.54) is 13.3 Å². The van der Waals surface area contributed by atoms with E-state index in [2.05, 4.69) is 4.98 Å². The van der Waals surface area contributed by atoms with Crippen molar-refractivity contribution in [1.29, 1.82) is 0 Å². The van der Waals surface area contributed by atoms with Crippen molar-refractivity contribution in [2.24, 2.45) is 0 Å². The van der Waals surface area contributed by atoms with Gasteiger partial charge < -0.3 is 15.4 Å². The first kappa shape index (κ1) is 12.0. The topological polar surface area (TPSA) is 51.4 Å². The van der Waals surface area contributed by atoms with Crippen molar-refractivity contribution < 1.29 is 13.5 Å². The van der Waals surface area contributed by atoms with E-state index in [0.29, 0.717) is 11.5 Å². The molecule has 0 bridgehead atoms. The molecule has 2 N–H and O–H groups in total. The second-order valence-corrected chi connectivity index (χ2v) is 4.25. The van der Waals surface area contributed by atoms with Crippen LogP contribution in [-0.2, 0) is 4.74 Å². The molecule has 2 rings (SSSR count). The standard InChI is InChI=1S/C11H15F2N3O/c1-17-6-9-4-11(12,13)7-16(9)10-3-2-8(14)5-15-10/h2-3,5,9H,4,6-7,14H2,1H3/t9-/m0/s1. The van der Waals surface area contributed by atoms with E-state index >= 15 is 0 Å². The fourth-order valence-corrected chi connectivity index (χ4v) is 2.07. The summed E-state index contributed by atoms with van der Waals surface area (Å²) in [6.07, 6.45) is 1.27. The molecule has 17 heavy (non-hydrogen) atoms. The van der Waals surface area contributed by atoms with Gasteiger partial charge in [-0.2, -0.15) is 0 Å². The third-order valence-corrected chi connectivity index (χ3v) is 2.80. The molecular formula is C11H15F2N3O. The molecule has 6 heteroatoms. The van der Waals surface area contributed by atoms with Crippen LogP contribution >= 0.6 is 0 Å². The van der Waals surface area contributed by atoms with E-state index in [4.69, 9.17) is 10.5 Å². The molecule has 1 aliphatic heterocycles. The quantitative estimate of drug-likeness (QED) is 0.874. The van der Waals surface area contributed by atoms with Crippen LogP contribution in [-0.4, -0.2) is 37.2 Å². The molecule has 1 atom stereocenters. The summed E-state index contributed by atoms with van der Waals surface area (Å²) in [5.74, 6) is -2.18. The number of ether oxygens (including phenoxy) is 1. The van der Waals surface area contributed by atoms with Gasteiger partial charge in [0.05, 0.1) is 31.1 Å². The van der Waals surface area contributed by atoms with Gasteiger partial charge in [-0.15, -0.1) is 0 Å². The van der Waals surface area contributed by atoms with E-state index in [-0.39, 0.29) is 25.6 Å². The average molecular weight is 243 g/mol. The van der Waals surface area contributed by atoms with Gasteiger partial charge in [-0.3, -0.25) is 0 Å². The summed E-state index contributed by atoms with van der Waals surface area (Å²) in [5.41, 5.74) is 6.03. The second-order valence-electron chi connectivity index (χ2n) is 4.25. The Kier molecular flexibility index (Phi) is 3.15. The number of hydrogen-bond acceptors (Lipinski definition) is 4. The average Bonchev–Trinajstić information content (AvgIpc) is 2.56. The molecule has 94 valence electrons. The van der Waals surface area contributed by atoms with Crippen LogP contribution in [0.1, 0.15) is 6.42 Å². The lowest BCUT2D eigenvalue weighted by atomic mass is 10.2. The van der Waals surface area contributed by atoms with Crippen LogP contribution in [0.4, 0.5) is 20.3 Å². The monoisotopic (exact) mass is 243 g/mol. The fourth-order valence-electron chi connectivity index (χ4n) is 2.07. The van der Waals surface area contributed by atoms with Gasteiger partial charge in [-0.25, -0.2) is 13.8 Å². The number of nitrogens with zero attached hydrogens (tertiary/aromatic N) is 2. The van der Waals surface area contributed by atoms with Gasteiger partial charge in [-0.1, -0.05) is 0 Å². The number of rotatable bonds is 3. The Hall–Kier alpha value is -1.43. The third kappa shape index (κ3) is 2.63. The Balaban J connectivity index is 2.20. The Labute approximate surface area is 98.4 Å². The number of nitrogens with two attached hydrogens (primary N) is 1. The first-order chi connectivity index (χ1) is 8.02. The molecule has 0 amide bonds. The van der Waals surface area contributed by atoms with Crippen LogP contribution in [0, 0.1) is 0 Å². The minimum atomic E-state index is -2.69. The van der Waals surface area contributed by atoms with E-state index in [0.717, 1.165) is 0 Å². The summed E-state index contributed by atoms with van der Waals surface area (Å²) in [6.45, 7) is -0.0560. The number of hydrogen-bond donors (Lipinski definition) is 1. The summed E-state index contributed by atoms with van der Waals surface area (Å²) in [4.78, 5) is 5.64. The highest BCUT2D eigenvalue weighted by atomic mass is 19.3. The van der Waals surface area contributed by atoms with Gasteiger partial charge in [0, 0.05) is 13.5 Å². The van der Waals surface area contributed by atoms with Crippen molar-refractivity contribution in [3.63, 3.8) is 0 Å². The molecule has 1 saturated heterocycles. The molecule has 0 spiro atoms. The molecule has 4 nitrogen and oxygen atoms in total. The van der Waals surface area contributed by atoms with Crippen LogP contribution in [0.25, 0.3) is 0 Å². The lowest BCUT2D eigenvalue weighted by Crippen LogP contribution is -2.33. The van der Waals surface area contributed by atoms with Crippen LogP contribution in [0.2, 0.25) is 0 Å². The van der Waals surface area contributed by atoms with E-state index in [1.54, 1.807) is 17.0 Å². The van der Waals surface area contributed by atoms with Gasteiger partial charge in [0.1, 0.15) is 5.82 Å². The Morgan fingerprint density at radius 1 is 1.59 bits per heavy atom. The number of aromatic nitrogens is 1. The summed E-state index contributed by atoms with van der Waals surface area (Å²) in [6, 6.07) is 2.97. The molecule has 0 radical (unpaired) electrons. The number of nitrogen functional groups attached to an aromatic ring is 1. The number of halogens is 2. The van der Waals surface area contributed by atoms with Crippen molar-refractivity contribution in [2.75, 3.05) is 30.9 Å². The zero-order valence-corrected chi connectivity index (χ0v) is 9.57. The maximum absolute atomic E-state index is 13.4. The number of pyridine rings is 1. The molecule has 1 aromatic rings. The lowest BCUT2D eigenvalue weighted by molar-refractivity contribution is 0.0189. The Morgan fingerprint density at radius 2 is 2.35 bits per heavy atom. The predicted molar refractivity (Wildman–Crippen MR) is 61.2 cm³/mol. The van der Waals surface area contributed by atoms with Crippen molar-refractivity contribution >= 4 is 11.5 Å². The second kappa shape index (κ2) is 4.44. The molecular weight excluding hydrogens is 228 g/mol. The lowest BCUT2D eigenvalue weighted by Gasteiger charge is -2.24. The van der Waals surface area contributed by atoms with Gasteiger partial charge >= 0.3 is 0 Å². The van der Waals surface area contributed by atoms with Crippen LogP contribution < -0.4 is 10.6 Å². The summed E-state index contributed by atoms with van der Waals surface area (Å²) >= 11 is 0. The van der Waals surface area contributed by atoms with Crippen LogP contribution in [0.5, 0.6) is 0 Å². The predicted octanol–water partition coefficient (Wildman–Crippen LogP) is 1.52. The Bertz CT molecular complexity index is 383. The van der Waals surface area contributed by atoms with E-state index in [9.17, 15) is 8.78 Å². The number of alkyl halides is 2. The molecule has 0 saturated carbocycles. The normalized spacial score (nSPS) is 23.0. The maximum atomic E-state index is 13.4. The minimum absolute atomic E-state index is 0.201. The van der Waals surface area contributed by atoms with Crippen molar-refractivity contribution in [1.82, 2.24) is 4.98 Å². The first-order valence-electron chi connectivity index (χ1n) is 5.37. The highest BCUT2D eigenvalue weighted by molar-refractivity contribution is 5.47. The van der Waals surface area contributed by atoms with Crippen molar-refractivity contribution in [3.05, 3.63) is 18.3 Å².